The average molecular weight is 264 g/mol. The van der Waals surface area contributed by atoms with Crippen LogP contribution in [0.1, 0.15) is 23.0 Å². The molecule has 0 radical (unpaired) electrons. The minimum absolute atomic E-state index is 0.386. The Morgan fingerprint density at radius 2 is 2.28 bits per heavy atom. The standard InChI is InChI=1S/C13H14ClN3O/c1-3-17-8(2)10(13(15)18)11(14)12(17)9-5-4-6-16-7-9/h4-7H,3H2,1-2H3,(H2,15,18). The molecule has 94 valence electrons. The summed E-state index contributed by atoms with van der Waals surface area (Å²) in [6.45, 7) is 4.55. The number of carbonyl (C=O) groups is 1. The van der Waals surface area contributed by atoms with Crippen LogP contribution in [0.5, 0.6) is 0 Å². The number of amides is 1. The van der Waals surface area contributed by atoms with Crippen LogP contribution >= 0.6 is 11.6 Å². The zero-order valence-electron chi connectivity index (χ0n) is 10.3. The number of carbonyl (C=O) groups excluding carboxylic acids is 1. The van der Waals surface area contributed by atoms with Gasteiger partial charge < -0.3 is 10.3 Å². The molecule has 0 bridgehead atoms. The van der Waals surface area contributed by atoms with Crippen LogP contribution in [0, 0.1) is 6.92 Å². The molecular weight excluding hydrogens is 250 g/mol. The molecule has 2 rings (SSSR count). The molecule has 0 spiro atoms. The van der Waals surface area contributed by atoms with Crippen LogP contribution in [0.3, 0.4) is 0 Å². The first-order valence-corrected chi connectivity index (χ1v) is 6.04. The molecule has 1 amide bonds. The van der Waals surface area contributed by atoms with Crippen molar-refractivity contribution in [2.45, 2.75) is 20.4 Å². The highest BCUT2D eigenvalue weighted by Crippen LogP contribution is 2.34. The Balaban J connectivity index is 2.75. The van der Waals surface area contributed by atoms with Gasteiger partial charge in [0.15, 0.2) is 0 Å². The molecule has 2 aromatic rings. The number of nitrogens with zero attached hydrogens (tertiary/aromatic N) is 2. The van der Waals surface area contributed by atoms with E-state index in [4.69, 9.17) is 17.3 Å². The normalized spacial score (nSPS) is 10.6. The van der Waals surface area contributed by atoms with Gasteiger partial charge in [0.25, 0.3) is 5.91 Å². The summed E-state index contributed by atoms with van der Waals surface area (Å²) in [5.74, 6) is -0.505. The quantitative estimate of drug-likeness (QED) is 0.925. The molecule has 2 heterocycles. The van der Waals surface area contributed by atoms with Crippen LogP contribution in [-0.4, -0.2) is 15.5 Å². The van der Waals surface area contributed by atoms with Crippen LogP contribution in [0.25, 0.3) is 11.3 Å². The minimum Gasteiger partial charge on any atom is -0.365 e. The smallest absolute Gasteiger partial charge is 0.252 e. The van der Waals surface area contributed by atoms with E-state index in [0.29, 0.717) is 17.1 Å². The van der Waals surface area contributed by atoms with Gasteiger partial charge in [0, 0.05) is 30.2 Å². The van der Waals surface area contributed by atoms with Crippen LogP contribution in [0.4, 0.5) is 0 Å². The zero-order valence-corrected chi connectivity index (χ0v) is 11.0. The minimum atomic E-state index is -0.505. The number of rotatable bonds is 3. The Morgan fingerprint density at radius 3 is 2.78 bits per heavy atom. The van der Waals surface area contributed by atoms with Gasteiger partial charge in [-0.2, -0.15) is 0 Å². The molecule has 2 aromatic heterocycles. The lowest BCUT2D eigenvalue weighted by Crippen LogP contribution is -2.12. The number of primary amides is 1. The number of halogens is 1. The highest BCUT2D eigenvalue weighted by molar-refractivity contribution is 6.36. The van der Waals surface area contributed by atoms with E-state index in [1.165, 1.54) is 0 Å². The van der Waals surface area contributed by atoms with E-state index in [1.54, 1.807) is 12.4 Å². The molecule has 18 heavy (non-hydrogen) atoms. The number of nitrogens with two attached hydrogens (primary N) is 1. The van der Waals surface area contributed by atoms with E-state index in [0.717, 1.165) is 17.0 Å². The highest BCUT2D eigenvalue weighted by Gasteiger charge is 2.22. The van der Waals surface area contributed by atoms with Gasteiger partial charge in [0.2, 0.25) is 0 Å². The molecule has 0 aliphatic carbocycles. The first kappa shape index (κ1) is 12.6. The van der Waals surface area contributed by atoms with Crippen molar-refractivity contribution in [1.29, 1.82) is 0 Å². The van der Waals surface area contributed by atoms with Crippen molar-refractivity contribution in [3.63, 3.8) is 0 Å². The molecule has 5 heteroatoms. The molecule has 0 aliphatic rings. The van der Waals surface area contributed by atoms with Gasteiger partial charge in [-0.3, -0.25) is 9.78 Å². The zero-order chi connectivity index (χ0) is 13.3. The van der Waals surface area contributed by atoms with E-state index in [1.807, 2.05) is 30.5 Å². The van der Waals surface area contributed by atoms with Crippen LogP contribution < -0.4 is 5.73 Å². The topological polar surface area (TPSA) is 60.9 Å². The first-order valence-electron chi connectivity index (χ1n) is 5.66. The Labute approximate surface area is 110 Å². The van der Waals surface area contributed by atoms with Gasteiger partial charge in [-0.25, -0.2) is 0 Å². The van der Waals surface area contributed by atoms with E-state index >= 15 is 0 Å². The monoisotopic (exact) mass is 263 g/mol. The Kier molecular flexibility index (Phi) is 3.39. The van der Waals surface area contributed by atoms with E-state index in [9.17, 15) is 4.79 Å². The summed E-state index contributed by atoms with van der Waals surface area (Å²) in [5.41, 5.74) is 8.22. The lowest BCUT2D eigenvalue weighted by Gasteiger charge is -2.08. The maximum Gasteiger partial charge on any atom is 0.252 e. The van der Waals surface area contributed by atoms with Crippen molar-refractivity contribution < 1.29 is 4.79 Å². The largest absolute Gasteiger partial charge is 0.365 e. The van der Waals surface area contributed by atoms with Crippen molar-refractivity contribution in [2.75, 3.05) is 0 Å². The molecule has 0 saturated heterocycles. The van der Waals surface area contributed by atoms with Gasteiger partial charge in [-0.15, -0.1) is 0 Å². The summed E-state index contributed by atoms with van der Waals surface area (Å²) in [6.07, 6.45) is 3.41. The molecule has 0 fully saturated rings. The van der Waals surface area contributed by atoms with E-state index in [-0.39, 0.29) is 0 Å². The third kappa shape index (κ3) is 1.88. The SMILES string of the molecule is CCn1c(C)c(C(N)=O)c(Cl)c1-c1cccnc1. The average Bonchev–Trinajstić information content (AvgIpc) is 2.61. The lowest BCUT2D eigenvalue weighted by atomic mass is 10.2. The number of pyridine rings is 1. The molecule has 0 saturated carbocycles. The molecule has 0 aromatic carbocycles. The Morgan fingerprint density at radius 1 is 1.56 bits per heavy atom. The molecule has 2 N–H and O–H groups in total. The van der Waals surface area contributed by atoms with Gasteiger partial charge in [-0.1, -0.05) is 11.6 Å². The molecular formula is C13H14ClN3O. The van der Waals surface area contributed by atoms with Gasteiger partial charge >= 0.3 is 0 Å². The predicted molar refractivity (Wildman–Crippen MR) is 71.6 cm³/mol. The van der Waals surface area contributed by atoms with Crippen LogP contribution in [0.2, 0.25) is 5.02 Å². The van der Waals surface area contributed by atoms with E-state index < -0.39 is 5.91 Å². The Bertz CT molecular complexity index is 590. The highest BCUT2D eigenvalue weighted by atomic mass is 35.5. The second-order valence-electron chi connectivity index (χ2n) is 3.97. The van der Waals surface area contributed by atoms with Crippen molar-refractivity contribution >= 4 is 17.5 Å². The fourth-order valence-corrected chi connectivity index (χ4v) is 2.61. The number of hydrogen-bond donors (Lipinski definition) is 1. The van der Waals surface area contributed by atoms with Crippen LogP contribution in [-0.2, 0) is 6.54 Å². The maximum absolute atomic E-state index is 11.5. The van der Waals surface area contributed by atoms with Gasteiger partial charge in [-0.05, 0) is 26.0 Å². The summed E-state index contributed by atoms with van der Waals surface area (Å²) >= 11 is 6.29. The predicted octanol–water partition coefficient (Wildman–Crippen LogP) is 2.63. The van der Waals surface area contributed by atoms with Crippen molar-refractivity contribution in [3.8, 4) is 11.3 Å². The molecule has 4 nitrogen and oxygen atoms in total. The van der Waals surface area contributed by atoms with Crippen molar-refractivity contribution in [3.05, 3.63) is 40.8 Å². The molecule has 0 atom stereocenters. The fourth-order valence-electron chi connectivity index (χ4n) is 2.17. The fraction of sp³-hybridized carbons (Fsp3) is 0.231. The van der Waals surface area contributed by atoms with Crippen molar-refractivity contribution in [2.24, 2.45) is 5.73 Å². The second kappa shape index (κ2) is 4.82. The summed E-state index contributed by atoms with van der Waals surface area (Å²) in [4.78, 5) is 15.5. The second-order valence-corrected chi connectivity index (χ2v) is 4.35. The summed E-state index contributed by atoms with van der Waals surface area (Å²) in [6, 6.07) is 3.74. The molecule has 0 unspecified atom stereocenters. The van der Waals surface area contributed by atoms with E-state index in [2.05, 4.69) is 4.98 Å². The van der Waals surface area contributed by atoms with Crippen LogP contribution in [0.15, 0.2) is 24.5 Å². The lowest BCUT2D eigenvalue weighted by molar-refractivity contribution is 0.1000. The Hall–Kier alpha value is -1.81. The third-order valence-electron chi connectivity index (χ3n) is 2.96. The van der Waals surface area contributed by atoms with Gasteiger partial charge in [0.1, 0.15) is 0 Å². The summed E-state index contributed by atoms with van der Waals surface area (Å²) < 4.78 is 1.97. The number of aromatic nitrogens is 2. The first-order chi connectivity index (χ1) is 8.57. The third-order valence-corrected chi connectivity index (χ3v) is 3.33. The van der Waals surface area contributed by atoms with Gasteiger partial charge in [0.05, 0.1) is 16.3 Å². The maximum atomic E-state index is 11.5. The molecule has 0 aliphatic heterocycles. The summed E-state index contributed by atoms with van der Waals surface area (Å²) in [7, 11) is 0. The summed E-state index contributed by atoms with van der Waals surface area (Å²) in [5, 5.41) is 0.398. The van der Waals surface area contributed by atoms with Crippen molar-refractivity contribution in [1.82, 2.24) is 9.55 Å². The number of hydrogen-bond acceptors (Lipinski definition) is 2.